The van der Waals surface area contributed by atoms with E-state index in [2.05, 4.69) is 0 Å². The van der Waals surface area contributed by atoms with Crippen LogP contribution in [0, 0.1) is 0 Å². The molecular formula is C30H20O10. The number of benzene rings is 4. The van der Waals surface area contributed by atoms with Crippen LogP contribution in [0.15, 0.2) is 82.0 Å². The van der Waals surface area contributed by atoms with Crippen molar-refractivity contribution in [2.75, 3.05) is 0 Å². The molecule has 10 heteroatoms. The molecule has 0 amide bonds. The molecule has 200 valence electrons. The Morgan fingerprint density at radius 1 is 0.775 bits per heavy atom. The monoisotopic (exact) mass is 540 g/mol. The van der Waals surface area contributed by atoms with Crippen LogP contribution in [0.3, 0.4) is 0 Å². The number of rotatable bonds is 4. The quantitative estimate of drug-likeness (QED) is 0.197. The van der Waals surface area contributed by atoms with Crippen LogP contribution >= 0.6 is 0 Å². The number of hydrogen-bond donors (Lipinski definition) is 5. The molecule has 2 heterocycles. The van der Waals surface area contributed by atoms with Crippen molar-refractivity contribution < 1.29 is 44.2 Å². The van der Waals surface area contributed by atoms with Gasteiger partial charge in [0, 0.05) is 29.8 Å². The summed E-state index contributed by atoms with van der Waals surface area (Å²) < 4.78 is 17.3. The van der Waals surface area contributed by atoms with Crippen molar-refractivity contribution >= 4 is 16.8 Å². The zero-order chi connectivity index (χ0) is 28.1. The third kappa shape index (κ3) is 4.27. The van der Waals surface area contributed by atoms with Crippen molar-refractivity contribution in [2.45, 2.75) is 12.5 Å². The number of phenolic OH excluding ortho intramolecular Hbond substituents is 5. The van der Waals surface area contributed by atoms with E-state index in [0.29, 0.717) is 11.1 Å². The van der Waals surface area contributed by atoms with Gasteiger partial charge in [0.1, 0.15) is 57.1 Å². The lowest BCUT2D eigenvalue weighted by Crippen LogP contribution is -2.20. The fraction of sp³-hybridized carbons (Fsp3) is 0.0667. The van der Waals surface area contributed by atoms with Crippen LogP contribution in [-0.2, 0) is 0 Å². The van der Waals surface area contributed by atoms with Crippen LogP contribution < -0.4 is 14.9 Å². The van der Waals surface area contributed by atoms with Gasteiger partial charge in [-0.3, -0.25) is 9.59 Å². The lowest BCUT2D eigenvalue weighted by molar-refractivity contribution is 0.0845. The maximum atomic E-state index is 12.9. The first-order chi connectivity index (χ1) is 19.2. The minimum absolute atomic E-state index is 0.0101. The molecule has 1 aliphatic rings. The fourth-order valence-electron chi connectivity index (χ4n) is 4.62. The zero-order valence-corrected chi connectivity index (χ0v) is 20.5. The van der Waals surface area contributed by atoms with Crippen molar-refractivity contribution in [1.29, 1.82) is 0 Å². The maximum absolute atomic E-state index is 12.9. The summed E-state index contributed by atoms with van der Waals surface area (Å²) in [5.74, 6) is -1.89. The van der Waals surface area contributed by atoms with Crippen molar-refractivity contribution in [3.05, 3.63) is 94.1 Å². The smallest absolute Gasteiger partial charge is 0.211 e. The van der Waals surface area contributed by atoms with Crippen LogP contribution in [0.1, 0.15) is 28.4 Å². The third-order valence-electron chi connectivity index (χ3n) is 6.54. The molecule has 5 aromatic rings. The molecule has 6 rings (SSSR count). The number of fused-ring (bicyclic) bond motifs is 2. The van der Waals surface area contributed by atoms with Crippen LogP contribution in [0.25, 0.3) is 22.3 Å². The molecule has 0 spiro atoms. The van der Waals surface area contributed by atoms with Crippen LogP contribution in [-0.4, -0.2) is 31.3 Å². The first-order valence-electron chi connectivity index (χ1n) is 12.0. The van der Waals surface area contributed by atoms with Crippen molar-refractivity contribution in [3.63, 3.8) is 0 Å². The molecule has 1 aromatic heterocycles. The van der Waals surface area contributed by atoms with E-state index in [-0.39, 0.29) is 69.0 Å². The number of phenols is 5. The van der Waals surface area contributed by atoms with E-state index in [4.69, 9.17) is 13.9 Å². The standard InChI is InChI=1S/C30H20O10/c31-16-5-1-14(2-6-16)24-12-21(35)28-26(40-24)13-22(36)30(29(28)37)38-18-7-3-15(4-8-18)23-11-20(34)27-19(33)9-17(32)10-25(27)39-23/h1-10,12-13,23,31-33,36-37H,11H2/t23-/m0/s1. The van der Waals surface area contributed by atoms with Gasteiger partial charge >= 0.3 is 0 Å². The number of carbonyl (C=O) groups is 1. The Labute approximate surface area is 225 Å². The number of ether oxygens (including phenoxy) is 2. The van der Waals surface area contributed by atoms with Crippen LogP contribution in [0.2, 0.25) is 0 Å². The summed E-state index contributed by atoms with van der Waals surface area (Å²) in [5.41, 5.74) is 0.486. The second kappa shape index (κ2) is 9.28. The number of hydrogen-bond acceptors (Lipinski definition) is 10. The Balaban J connectivity index is 1.28. The predicted octanol–water partition coefficient (Wildman–Crippen LogP) is 5.49. The molecule has 0 bridgehead atoms. The first kappa shape index (κ1) is 24.7. The summed E-state index contributed by atoms with van der Waals surface area (Å²) in [4.78, 5) is 25.5. The van der Waals surface area contributed by atoms with Crippen molar-refractivity contribution in [3.8, 4) is 57.3 Å². The van der Waals surface area contributed by atoms with Gasteiger partial charge in [-0.05, 0) is 42.0 Å². The molecule has 0 aliphatic carbocycles. The van der Waals surface area contributed by atoms with Gasteiger partial charge < -0.3 is 39.4 Å². The largest absolute Gasteiger partial charge is 0.508 e. The highest BCUT2D eigenvalue weighted by Gasteiger charge is 2.31. The van der Waals surface area contributed by atoms with Crippen molar-refractivity contribution in [2.24, 2.45) is 0 Å². The Hall–Kier alpha value is -5.64. The molecular weight excluding hydrogens is 520 g/mol. The van der Waals surface area contributed by atoms with Crippen LogP contribution in [0.5, 0.6) is 46.0 Å². The highest BCUT2D eigenvalue weighted by atomic mass is 16.5. The van der Waals surface area contributed by atoms with Gasteiger partial charge in [0.25, 0.3) is 0 Å². The zero-order valence-electron chi connectivity index (χ0n) is 20.5. The number of ketones is 1. The van der Waals surface area contributed by atoms with E-state index in [1.165, 1.54) is 36.4 Å². The Morgan fingerprint density at radius 2 is 1.50 bits per heavy atom. The molecule has 0 fully saturated rings. The predicted molar refractivity (Wildman–Crippen MR) is 142 cm³/mol. The Morgan fingerprint density at radius 3 is 2.23 bits per heavy atom. The second-order valence-corrected chi connectivity index (χ2v) is 9.21. The minimum Gasteiger partial charge on any atom is -0.508 e. The van der Waals surface area contributed by atoms with Crippen molar-refractivity contribution in [1.82, 2.24) is 0 Å². The SMILES string of the molecule is O=C1C[C@@H](c2ccc(Oc3c(O)cc4oc(-c5ccc(O)cc5)cc(=O)c4c3O)cc2)Oc2cc(O)cc(O)c21. The average molecular weight is 540 g/mol. The summed E-state index contributed by atoms with van der Waals surface area (Å²) in [6.45, 7) is 0. The van der Waals surface area contributed by atoms with Gasteiger partial charge in [0.15, 0.2) is 22.7 Å². The molecule has 0 unspecified atom stereocenters. The number of Topliss-reactive ketones (excluding diaryl/α,β-unsaturated/α-hetero) is 1. The average Bonchev–Trinajstić information content (AvgIpc) is 2.90. The molecule has 4 aromatic carbocycles. The topological polar surface area (TPSA) is 167 Å². The minimum atomic E-state index is -0.690. The van der Waals surface area contributed by atoms with E-state index in [0.717, 1.165) is 12.1 Å². The molecule has 40 heavy (non-hydrogen) atoms. The van der Waals surface area contributed by atoms with Gasteiger partial charge in [-0.2, -0.15) is 0 Å². The van der Waals surface area contributed by atoms with E-state index in [1.807, 2.05) is 0 Å². The van der Waals surface area contributed by atoms with Gasteiger partial charge in [0.05, 0.1) is 6.42 Å². The molecule has 10 nitrogen and oxygen atoms in total. The van der Waals surface area contributed by atoms with E-state index < -0.39 is 23.0 Å². The van der Waals surface area contributed by atoms with Gasteiger partial charge in [-0.15, -0.1) is 0 Å². The molecule has 0 saturated carbocycles. The highest BCUT2D eigenvalue weighted by molar-refractivity contribution is 6.02. The molecule has 1 atom stereocenters. The Kier molecular flexibility index (Phi) is 5.73. The molecule has 1 aliphatic heterocycles. The first-order valence-corrected chi connectivity index (χ1v) is 12.0. The summed E-state index contributed by atoms with van der Waals surface area (Å²) >= 11 is 0. The van der Waals surface area contributed by atoms with Gasteiger partial charge in [0.2, 0.25) is 5.75 Å². The lowest BCUT2D eigenvalue weighted by atomic mass is 9.95. The summed E-state index contributed by atoms with van der Waals surface area (Å²) in [5, 5.41) is 50.4. The highest BCUT2D eigenvalue weighted by Crippen LogP contribution is 2.45. The maximum Gasteiger partial charge on any atom is 0.211 e. The summed E-state index contributed by atoms with van der Waals surface area (Å²) in [7, 11) is 0. The van der Waals surface area contributed by atoms with E-state index >= 15 is 0 Å². The Bertz CT molecular complexity index is 1850. The second-order valence-electron chi connectivity index (χ2n) is 9.21. The van der Waals surface area contributed by atoms with Gasteiger partial charge in [-0.1, -0.05) is 12.1 Å². The fourth-order valence-corrected chi connectivity index (χ4v) is 4.62. The number of carbonyl (C=O) groups excluding carboxylic acids is 1. The van der Waals surface area contributed by atoms with E-state index in [9.17, 15) is 35.1 Å². The lowest BCUT2D eigenvalue weighted by Gasteiger charge is -2.26. The third-order valence-corrected chi connectivity index (χ3v) is 6.54. The van der Waals surface area contributed by atoms with Gasteiger partial charge in [-0.25, -0.2) is 0 Å². The normalized spacial score (nSPS) is 14.5. The van der Waals surface area contributed by atoms with Crippen LogP contribution in [0.4, 0.5) is 0 Å². The molecule has 0 radical (unpaired) electrons. The molecule has 5 N–H and O–H groups in total. The van der Waals surface area contributed by atoms with E-state index in [1.54, 1.807) is 24.3 Å². The number of aromatic hydroxyl groups is 5. The summed E-state index contributed by atoms with van der Waals surface area (Å²) in [6, 6.07) is 16.9. The molecule has 0 saturated heterocycles. The summed E-state index contributed by atoms with van der Waals surface area (Å²) in [6.07, 6.45) is -0.732.